The molecule has 0 aromatic heterocycles. The van der Waals surface area contributed by atoms with E-state index in [1.165, 1.54) is 107 Å². The highest BCUT2D eigenvalue weighted by molar-refractivity contribution is 5.97. The molecule has 0 heteroatoms. The molecule has 0 N–H and O–H groups in total. The van der Waals surface area contributed by atoms with Gasteiger partial charge >= 0.3 is 0 Å². The van der Waals surface area contributed by atoms with Gasteiger partial charge in [0, 0.05) is 0 Å². The lowest BCUT2D eigenvalue weighted by Crippen LogP contribution is -2.03. The summed E-state index contributed by atoms with van der Waals surface area (Å²) in [5.41, 5.74) is 14.6. The zero-order valence-corrected chi connectivity index (χ0v) is 25.6. The first-order valence-electron chi connectivity index (χ1n) is 16.1. The summed E-state index contributed by atoms with van der Waals surface area (Å²) in [7, 11) is 0. The van der Waals surface area contributed by atoms with Crippen molar-refractivity contribution in [2.45, 2.75) is 105 Å². The maximum atomic E-state index is 2.43. The van der Waals surface area contributed by atoms with Gasteiger partial charge in [-0.25, -0.2) is 0 Å². The summed E-state index contributed by atoms with van der Waals surface area (Å²) < 4.78 is 0. The van der Waals surface area contributed by atoms with Crippen LogP contribution in [0.25, 0.3) is 33.4 Å². The van der Waals surface area contributed by atoms with Gasteiger partial charge in [-0.1, -0.05) is 138 Å². The van der Waals surface area contributed by atoms with Crippen molar-refractivity contribution < 1.29 is 0 Å². The van der Waals surface area contributed by atoms with Crippen LogP contribution in [0.1, 0.15) is 101 Å². The second-order valence-electron chi connectivity index (χ2n) is 11.4. The molecule has 0 fully saturated rings. The van der Waals surface area contributed by atoms with E-state index in [1.807, 2.05) is 0 Å². The number of aryl methyl sites for hydroxylation is 4. The van der Waals surface area contributed by atoms with Gasteiger partial charge in [-0.2, -0.15) is 0 Å². The minimum absolute atomic E-state index is 1.13. The number of unbranched alkanes of at least 4 members (excludes halogenated alkanes) is 4. The molecule has 0 spiro atoms. The Morgan fingerprint density at radius 1 is 0.350 bits per heavy atom. The lowest BCUT2D eigenvalue weighted by atomic mass is 9.79. The van der Waals surface area contributed by atoms with Gasteiger partial charge in [0.1, 0.15) is 0 Å². The molecule has 0 aliphatic rings. The van der Waals surface area contributed by atoms with Gasteiger partial charge in [0.2, 0.25) is 0 Å². The van der Waals surface area contributed by atoms with Gasteiger partial charge in [-0.05, 0) is 107 Å². The van der Waals surface area contributed by atoms with Crippen molar-refractivity contribution in [2.75, 3.05) is 0 Å². The average Bonchev–Trinajstić information content (AvgIpc) is 3.00. The highest BCUT2D eigenvalue weighted by Crippen LogP contribution is 2.45. The standard InChI is InChI=1S/C40H50/c1-5-9-19-32-25-16-26-33(20-10-6-2)38(32)37-30-18-29-36(31-23-14-13-15-24-31)40(37)39-34(21-11-7-3)27-17-28-35(39)22-12-8-4/h13-18,23-30H,5-12,19-22H2,1-4H3. The Balaban J connectivity index is 2.10. The zero-order valence-electron chi connectivity index (χ0n) is 25.6. The number of benzene rings is 4. The van der Waals surface area contributed by atoms with Crippen molar-refractivity contribution in [3.05, 3.63) is 107 Å². The van der Waals surface area contributed by atoms with Gasteiger partial charge in [0.05, 0.1) is 0 Å². The summed E-state index contributed by atoms with van der Waals surface area (Å²) in [5, 5.41) is 0. The molecule has 0 saturated carbocycles. The molecule has 4 rings (SSSR count). The Hall–Kier alpha value is -3.12. The van der Waals surface area contributed by atoms with Crippen LogP contribution >= 0.6 is 0 Å². The largest absolute Gasteiger partial charge is 0.0654 e. The van der Waals surface area contributed by atoms with Gasteiger partial charge in [-0.3, -0.25) is 0 Å². The maximum absolute atomic E-state index is 2.43. The molecule has 0 unspecified atom stereocenters. The minimum Gasteiger partial charge on any atom is -0.0654 e. The average molecular weight is 531 g/mol. The Kier molecular flexibility index (Phi) is 11.7. The summed E-state index contributed by atoms with van der Waals surface area (Å²) in [4.78, 5) is 0. The van der Waals surface area contributed by atoms with Gasteiger partial charge < -0.3 is 0 Å². The molecular formula is C40H50. The van der Waals surface area contributed by atoms with E-state index in [-0.39, 0.29) is 0 Å². The monoisotopic (exact) mass is 530 g/mol. The maximum Gasteiger partial charge on any atom is -0.00211 e. The normalized spacial score (nSPS) is 11.2. The van der Waals surface area contributed by atoms with Crippen LogP contribution in [0.15, 0.2) is 84.9 Å². The lowest BCUT2D eigenvalue weighted by Gasteiger charge is -2.25. The molecule has 0 nitrogen and oxygen atoms in total. The van der Waals surface area contributed by atoms with E-state index in [0.29, 0.717) is 0 Å². The van der Waals surface area contributed by atoms with Crippen molar-refractivity contribution in [3.63, 3.8) is 0 Å². The molecule has 0 aliphatic heterocycles. The summed E-state index contributed by atoms with van der Waals surface area (Å²) in [5.74, 6) is 0. The molecule has 4 aromatic rings. The van der Waals surface area contributed by atoms with E-state index in [1.54, 1.807) is 0 Å². The van der Waals surface area contributed by atoms with Crippen LogP contribution in [-0.2, 0) is 25.7 Å². The van der Waals surface area contributed by atoms with Crippen molar-refractivity contribution in [1.82, 2.24) is 0 Å². The molecule has 0 amide bonds. The van der Waals surface area contributed by atoms with Gasteiger partial charge in [-0.15, -0.1) is 0 Å². The van der Waals surface area contributed by atoms with Crippen LogP contribution in [0.4, 0.5) is 0 Å². The Morgan fingerprint density at radius 2 is 0.750 bits per heavy atom. The van der Waals surface area contributed by atoms with E-state index in [2.05, 4.69) is 113 Å². The fourth-order valence-corrected chi connectivity index (χ4v) is 6.16. The number of rotatable bonds is 15. The van der Waals surface area contributed by atoms with Gasteiger partial charge in [0.15, 0.2) is 0 Å². The van der Waals surface area contributed by atoms with Crippen LogP contribution in [0, 0.1) is 0 Å². The van der Waals surface area contributed by atoms with Crippen molar-refractivity contribution in [1.29, 1.82) is 0 Å². The molecule has 210 valence electrons. The number of hydrogen-bond acceptors (Lipinski definition) is 0. The van der Waals surface area contributed by atoms with E-state index >= 15 is 0 Å². The summed E-state index contributed by atoms with van der Waals surface area (Å²) in [6, 6.07) is 32.5. The molecule has 0 saturated heterocycles. The second kappa shape index (κ2) is 15.6. The first kappa shape index (κ1) is 29.9. The molecule has 0 atom stereocenters. The highest BCUT2D eigenvalue weighted by Gasteiger charge is 2.22. The third-order valence-electron chi connectivity index (χ3n) is 8.34. The summed E-state index contributed by atoms with van der Waals surface area (Å²) >= 11 is 0. The van der Waals surface area contributed by atoms with Crippen LogP contribution < -0.4 is 0 Å². The Morgan fingerprint density at radius 3 is 1.20 bits per heavy atom. The van der Waals surface area contributed by atoms with E-state index in [4.69, 9.17) is 0 Å². The Labute approximate surface area is 244 Å². The fraction of sp³-hybridized carbons (Fsp3) is 0.400. The van der Waals surface area contributed by atoms with Crippen LogP contribution in [-0.4, -0.2) is 0 Å². The summed E-state index contributed by atoms with van der Waals surface area (Å²) in [6.07, 6.45) is 14.3. The first-order valence-corrected chi connectivity index (χ1v) is 16.1. The lowest BCUT2D eigenvalue weighted by molar-refractivity contribution is 0.781. The quantitative estimate of drug-likeness (QED) is 0.143. The molecule has 0 heterocycles. The molecule has 40 heavy (non-hydrogen) atoms. The van der Waals surface area contributed by atoms with Crippen molar-refractivity contribution in [3.8, 4) is 33.4 Å². The fourth-order valence-electron chi connectivity index (χ4n) is 6.16. The van der Waals surface area contributed by atoms with Crippen LogP contribution in [0.3, 0.4) is 0 Å². The van der Waals surface area contributed by atoms with Crippen LogP contribution in [0.5, 0.6) is 0 Å². The van der Waals surface area contributed by atoms with Crippen LogP contribution in [0.2, 0.25) is 0 Å². The van der Waals surface area contributed by atoms with Gasteiger partial charge in [0.25, 0.3) is 0 Å². The predicted octanol–water partition coefficient (Wildman–Crippen LogP) is 12.1. The molecule has 0 radical (unpaired) electrons. The highest BCUT2D eigenvalue weighted by atomic mass is 14.3. The van der Waals surface area contributed by atoms with E-state index in [9.17, 15) is 0 Å². The number of hydrogen-bond donors (Lipinski definition) is 0. The molecule has 4 aromatic carbocycles. The topological polar surface area (TPSA) is 0 Å². The van der Waals surface area contributed by atoms with E-state index < -0.39 is 0 Å². The summed E-state index contributed by atoms with van der Waals surface area (Å²) in [6.45, 7) is 9.25. The molecule has 0 bridgehead atoms. The SMILES string of the molecule is CCCCc1cccc(CCCC)c1-c1cccc(-c2ccccc2)c1-c1c(CCCC)cccc1CCCC. The minimum atomic E-state index is 1.13. The third-order valence-corrected chi connectivity index (χ3v) is 8.34. The second-order valence-corrected chi connectivity index (χ2v) is 11.4. The zero-order chi connectivity index (χ0) is 28.2. The molecule has 0 aliphatic carbocycles. The Bertz CT molecular complexity index is 1280. The van der Waals surface area contributed by atoms with Crippen molar-refractivity contribution in [2.24, 2.45) is 0 Å². The van der Waals surface area contributed by atoms with Crippen molar-refractivity contribution >= 4 is 0 Å². The smallest absolute Gasteiger partial charge is 0.00211 e. The van der Waals surface area contributed by atoms with E-state index in [0.717, 1.165) is 25.7 Å². The third kappa shape index (κ3) is 7.14. The predicted molar refractivity (Wildman–Crippen MR) is 177 cm³/mol. The first-order chi connectivity index (χ1) is 19.7. The molecular weight excluding hydrogens is 480 g/mol.